The van der Waals surface area contributed by atoms with E-state index < -0.39 is 0 Å². The van der Waals surface area contributed by atoms with Crippen molar-refractivity contribution in [1.29, 1.82) is 0 Å². The predicted molar refractivity (Wildman–Crippen MR) is 76.9 cm³/mol. The van der Waals surface area contributed by atoms with E-state index in [0.717, 1.165) is 5.69 Å². The number of benzene rings is 1. The van der Waals surface area contributed by atoms with Gasteiger partial charge in [0.2, 0.25) is 5.91 Å². The number of nitrogens with zero attached hydrogens (tertiary/aromatic N) is 1. The fourth-order valence-electron chi connectivity index (χ4n) is 1.51. The molecule has 0 aromatic heterocycles. The van der Waals surface area contributed by atoms with E-state index in [1.165, 1.54) is 0 Å². The molecule has 18 heavy (non-hydrogen) atoms. The van der Waals surface area contributed by atoms with Gasteiger partial charge in [-0.3, -0.25) is 9.69 Å². The Labute approximate surface area is 113 Å². The Morgan fingerprint density at radius 3 is 2.28 bits per heavy atom. The molecule has 1 rings (SSSR count). The molecule has 0 saturated heterocycles. The van der Waals surface area contributed by atoms with Crippen LogP contribution in [0.2, 0.25) is 5.02 Å². The highest BCUT2D eigenvalue weighted by atomic mass is 35.5. The number of hydrogen-bond donors (Lipinski definition) is 1. The second kappa shape index (κ2) is 7.69. The highest BCUT2D eigenvalue weighted by molar-refractivity contribution is 6.30. The summed E-state index contributed by atoms with van der Waals surface area (Å²) in [4.78, 5) is 13.7. The highest BCUT2D eigenvalue weighted by Crippen LogP contribution is 2.13. The molecule has 1 aromatic carbocycles. The summed E-state index contributed by atoms with van der Waals surface area (Å²) >= 11 is 5.77. The van der Waals surface area contributed by atoms with Crippen LogP contribution < -0.4 is 5.32 Å². The van der Waals surface area contributed by atoms with Gasteiger partial charge < -0.3 is 5.32 Å². The Bertz CT molecular complexity index is 404. The van der Waals surface area contributed by atoms with E-state index in [9.17, 15) is 4.79 Å². The maximum absolute atomic E-state index is 11.8. The first-order valence-corrected chi connectivity index (χ1v) is 6.03. The Kier molecular flexibility index (Phi) is 6.19. The molecule has 0 fully saturated rings. The number of halogens is 1. The molecule has 0 aliphatic carbocycles. The number of hydrogen-bond acceptors (Lipinski definition) is 2. The van der Waals surface area contributed by atoms with Gasteiger partial charge in [0.15, 0.2) is 0 Å². The van der Waals surface area contributed by atoms with E-state index in [1.807, 2.05) is 4.90 Å². The molecule has 0 spiro atoms. The third kappa shape index (κ3) is 5.17. The topological polar surface area (TPSA) is 32.3 Å². The molecule has 96 valence electrons. The zero-order valence-corrected chi connectivity index (χ0v) is 11.0. The van der Waals surface area contributed by atoms with Crippen LogP contribution in [0.1, 0.15) is 0 Å². The van der Waals surface area contributed by atoms with Gasteiger partial charge in [-0.2, -0.15) is 0 Å². The van der Waals surface area contributed by atoms with E-state index in [1.54, 1.807) is 36.4 Å². The summed E-state index contributed by atoms with van der Waals surface area (Å²) in [6, 6.07) is 7.02. The van der Waals surface area contributed by atoms with E-state index in [0.29, 0.717) is 24.7 Å². The van der Waals surface area contributed by atoms with Crippen molar-refractivity contribution in [2.45, 2.75) is 0 Å². The molecular weight excluding hydrogens is 248 g/mol. The van der Waals surface area contributed by atoms with Crippen LogP contribution in [-0.4, -0.2) is 30.4 Å². The van der Waals surface area contributed by atoms with Crippen molar-refractivity contribution in [3.05, 3.63) is 54.6 Å². The van der Waals surface area contributed by atoms with Gasteiger partial charge in [-0.15, -0.1) is 13.2 Å². The number of anilines is 1. The molecule has 3 nitrogen and oxygen atoms in total. The summed E-state index contributed by atoms with van der Waals surface area (Å²) in [5.41, 5.74) is 0.738. The minimum Gasteiger partial charge on any atom is -0.325 e. The molecule has 1 amide bonds. The molecule has 0 atom stereocenters. The third-order valence-electron chi connectivity index (χ3n) is 2.27. The fourth-order valence-corrected chi connectivity index (χ4v) is 1.63. The summed E-state index contributed by atoms with van der Waals surface area (Å²) in [6.45, 7) is 8.93. The number of nitrogens with one attached hydrogen (secondary N) is 1. The molecule has 1 aromatic rings. The first-order valence-electron chi connectivity index (χ1n) is 5.65. The standard InChI is InChI=1S/C14H17ClN2O/c1-3-9-17(10-4-2)11-14(18)16-13-7-5-12(15)6-8-13/h3-8H,1-2,9-11H2,(H,16,18). The molecular formula is C14H17ClN2O. The molecule has 0 heterocycles. The van der Waals surface area contributed by atoms with Crippen molar-refractivity contribution in [3.63, 3.8) is 0 Å². The first kappa shape index (κ1) is 14.5. The van der Waals surface area contributed by atoms with Gasteiger partial charge in [0.05, 0.1) is 6.54 Å². The van der Waals surface area contributed by atoms with Gasteiger partial charge in [-0.1, -0.05) is 23.8 Å². The van der Waals surface area contributed by atoms with E-state index >= 15 is 0 Å². The summed E-state index contributed by atoms with van der Waals surface area (Å²) < 4.78 is 0. The van der Waals surface area contributed by atoms with Gasteiger partial charge in [0.1, 0.15) is 0 Å². The predicted octanol–water partition coefficient (Wildman–Crippen LogP) is 2.95. The van der Waals surface area contributed by atoms with Crippen LogP contribution in [0, 0.1) is 0 Å². The Morgan fingerprint density at radius 2 is 1.78 bits per heavy atom. The van der Waals surface area contributed by atoms with Crippen molar-refractivity contribution < 1.29 is 4.79 Å². The zero-order valence-electron chi connectivity index (χ0n) is 10.2. The van der Waals surface area contributed by atoms with Crippen LogP contribution in [0.4, 0.5) is 5.69 Å². The lowest BCUT2D eigenvalue weighted by atomic mass is 10.3. The molecule has 0 radical (unpaired) electrons. The molecule has 0 aliphatic heterocycles. The van der Waals surface area contributed by atoms with Crippen LogP contribution in [0.15, 0.2) is 49.6 Å². The van der Waals surface area contributed by atoms with Crippen LogP contribution in [0.5, 0.6) is 0 Å². The van der Waals surface area contributed by atoms with E-state index in [4.69, 9.17) is 11.6 Å². The van der Waals surface area contributed by atoms with Gasteiger partial charge >= 0.3 is 0 Å². The Morgan fingerprint density at radius 1 is 1.22 bits per heavy atom. The molecule has 1 N–H and O–H groups in total. The number of carbonyl (C=O) groups is 1. The molecule has 4 heteroatoms. The SMILES string of the molecule is C=CCN(CC=C)CC(=O)Nc1ccc(Cl)cc1. The van der Waals surface area contributed by atoms with Crippen LogP contribution in [0.3, 0.4) is 0 Å². The fraction of sp³-hybridized carbons (Fsp3) is 0.214. The number of amides is 1. The van der Waals surface area contributed by atoms with Crippen molar-refractivity contribution in [2.75, 3.05) is 25.0 Å². The summed E-state index contributed by atoms with van der Waals surface area (Å²) in [7, 11) is 0. The molecule has 0 aliphatic rings. The number of rotatable bonds is 7. The van der Waals surface area contributed by atoms with Crippen molar-refractivity contribution in [1.82, 2.24) is 4.90 Å². The summed E-state index contributed by atoms with van der Waals surface area (Å²) in [5.74, 6) is -0.0685. The number of carbonyl (C=O) groups excluding carboxylic acids is 1. The van der Waals surface area contributed by atoms with Crippen molar-refractivity contribution in [2.24, 2.45) is 0 Å². The van der Waals surface area contributed by atoms with Gasteiger partial charge in [-0.05, 0) is 24.3 Å². The average Bonchev–Trinajstić information content (AvgIpc) is 2.33. The van der Waals surface area contributed by atoms with E-state index in [-0.39, 0.29) is 5.91 Å². The molecule has 0 unspecified atom stereocenters. The van der Waals surface area contributed by atoms with Crippen molar-refractivity contribution in [3.8, 4) is 0 Å². The van der Waals surface area contributed by atoms with Crippen LogP contribution in [0.25, 0.3) is 0 Å². The quantitative estimate of drug-likeness (QED) is 0.768. The molecule has 0 bridgehead atoms. The lowest BCUT2D eigenvalue weighted by Crippen LogP contribution is -2.33. The minimum atomic E-state index is -0.0685. The maximum atomic E-state index is 11.8. The largest absolute Gasteiger partial charge is 0.325 e. The second-order valence-corrected chi connectivity index (χ2v) is 4.26. The smallest absolute Gasteiger partial charge is 0.238 e. The van der Waals surface area contributed by atoms with Crippen LogP contribution in [-0.2, 0) is 4.79 Å². The first-order chi connectivity index (χ1) is 8.65. The average molecular weight is 265 g/mol. The minimum absolute atomic E-state index is 0.0685. The summed E-state index contributed by atoms with van der Waals surface area (Å²) in [5, 5.41) is 3.45. The van der Waals surface area contributed by atoms with Gasteiger partial charge in [0.25, 0.3) is 0 Å². The zero-order chi connectivity index (χ0) is 13.4. The van der Waals surface area contributed by atoms with Gasteiger partial charge in [0, 0.05) is 23.8 Å². The van der Waals surface area contributed by atoms with E-state index in [2.05, 4.69) is 18.5 Å². The monoisotopic (exact) mass is 264 g/mol. The Balaban J connectivity index is 2.51. The lowest BCUT2D eigenvalue weighted by molar-refractivity contribution is -0.117. The summed E-state index contributed by atoms with van der Waals surface area (Å²) in [6.07, 6.45) is 3.53. The maximum Gasteiger partial charge on any atom is 0.238 e. The van der Waals surface area contributed by atoms with Crippen molar-refractivity contribution >= 4 is 23.2 Å². The van der Waals surface area contributed by atoms with Gasteiger partial charge in [-0.25, -0.2) is 0 Å². The van der Waals surface area contributed by atoms with Crippen LogP contribution >= 0.6 is 11.6 Å². The lowest BCUT2D eigenvalue weighted by Gasteiger charge is -2.17. The second-order valence-electron chi connectivity index (χ2n) is 3.83. The normalized spacial score (nSPS) is 10.1. The molecule has 0 saturated carbocycles. The Hall–Kier alpha value is -1.58. The highest BCUT2D eigenvalue weighted by Gasteiger charge is 2.08. The third-order valence-corrected chi connectivity index (χ3v) is 2.52.